The van der Waals surface area contributed by atoms with Crippen LogP contribution >= 0.6 is 11.6 Å². The molecule has 0 aliphatic carbocycles. The van der Waals surface area contributed by atoms with E-state index in [0.29, 0.717) is 11.6 Å². The molecule has 0 heterocycles. The minimum atomic E-state index is -0.565. The quantitative estimate of drug-likeness (QED) is 0.792. The van der Waals surface area contributed by atoms with Crippen LogP contribution in [-0.2, 0) is 9.59 Å². The average molecular weight is 295 g/mol. The smallest absolute Gasteiger partial charge is 0.244 e. The van der Waals surface area contributed by atoms with Gasteiger partial charge in [0.15, 0.2) is 0 Å². The van der Waals surface area contributed by atoms with Crippen LogP contribution in [0.15, 0.2) is 30.3 Å². The largest absolute Gasteiger partial charge is 0.354 e. The molecule has 1 aromatic rings. The summed E-state index contributed by atoms with van der Waals surface area (Å²) in [5.74, 6) is -0.518. The standard InChI is InChI=1S/C15H19ClN2O2/c1-3-10-17-15(20)11(2)18-14(19)9-8-12-6-4-5-7-13(12)16/h4-9,11H,3,10H2,1-2H3,(H,17,20)(H,18,19)/b9-8+/t11-/m0/s1. The lowest BCUT2D eigenvalue weighted by Crippen LogP contribution is -2.44. The average Bonchev–Trinajstić information content (AvgIpc) is 2.43. The molecule has 0 bridgehead atoms. The number of amides is 2. The second-order valence-corrected chi connectivity index (χ2v) is 4.78. The highest BCUT2D eigenvalue weighted by Crippen LogP contribution is 2.15. The van der Waals surface area contributed by atoms with Gasteiger partial charge in [0.25, 0.3) is 0 Å². The Balaban J connectivity index is 2.51. The Morgan fingerprint density at radius 3 is 2.70 bits per heavy atom. The summed E-state index contributed by atoms with van der Waals surface area (Å²) in [6, 6.07) is 6.65. The van der Waals surface area contributed by atoms with Crippen LogP contribution in [0, 0.1) is 0 Å². The van der Waals surface area contributed by atoms with Gasteiger partial charge < -0.3 is 10.6 Å². The Labute approximate surface area is 124 Å². The Morgan fingerprint density at radius 2 is 2.05 bits per heavy atom. The molecule has 2 amide bonds. The molecule has 0 saturated heterocycles. The number of rotatable bonds is 6. The fourth-order valence-electron chi connectivity index (χ4n) is 1.50. The van der Waals surface area contributed by atoms with Crippen LogP contribution in [0.25, 0.3) is 6.08 Å². The van der Waals surface area contributed by atoms with Crippen LogP contribution in [0.2, 0.25) is 5.02 Å². The highest BCUT2D eigenvalue weighted by molar-refractivity contribution is 6.32. The predicted octanol–water partition coefficient (Wildman–Crippen LogP) is 2.38. The van der Waals surface area contributed by atoms with Gasteiger partial charge in [-0.2, -0.15) is 0 Å². The van der Waals surface area contributed by atoms with Crippen molar-refractivity contribution in [3.63, 3.8) is 0 Å². The first-order valence-corrected chi connectivity index (χ1v) is 6.93. The van der Waals surface area contributed by atoms with Crippen molar-refractivity contribution in [2.75, 3.05) is 6.54 Å². The predicted molar refractivity (Wildman–Crippen MR) is 81.4 cm³/mol. The lowest BCUT2D eigenvalue weighted by atomic mass is 10.2. The third-order valence-electron chi connectivity index (χ3n) is 2.62. The van der Waals surface area contributed by atoms with E-state index in [-0.39, 0.29) is 11.8 Å². The molecule has 0 spiro atoms. The monoisotopic (exact) mass is 294 g/mol. The van der Waals surface area contributed by atoms with E-state index in [1.54, 1.807) is 19.1 Å². The second kappa shape index (κ2) is 8.38. The van der Waals surface area contributed by atoms with Crippen LogP contribution in [-0.4, -0.2) is 24.4 Å². The number of carbonyl (C=O) groups is 2. The molecule has 2 N–H and O–H groups in total. The van der Waals surface area contributed by atoms with E-state index in [0.717, 1.165) is 12.0 Å². The topological polar surface area (TPSA) is 58.2 Å². The molecule has 0 aromatic heterocycles. The third-order valence-corrected chi connectivity index (χ3v) is 2.96. The minimum Gasteiger partial charge on any atom is -0.354 e. The van der Waals surface area contributed by atoms with Crippen LogP contribution in [0.3, 0.4) is 0 Å². The maximum Gasteiger partial charge on any atom is 0.244 e. The third kappa shape index (κ3) is 5.45. The lowest BCUT2D eigenvalue weighted by molar-refractivity contribution is -0.126. The fourth-order valence-corrected chi connectivity index (χ4v) is 1.70. The van der Waals surface area contributed by atoms with E-state index in [1.807, 2.05) is 25.1 Å². The van der Waals surface area contributed by atoms with Crippen molar-refractivity contribution in [2.45, 2.75) is 26.3 Å². The van der Waals surface area contributed by atoms with Gasteiger partial charge in [-0.05, 0) is 31.1 Å². The van der Waals surface area contributed by atoms with E-state index in [4.69, 9.17) is 11.6 Å². The molecule has 20 heavy (non-hydrogen) atoms. The van der Waals surface area contributed by atoms with E-state index >= 15 is 0 Å². The SMILES string of the molecule is CCCNC(=O)[C@H](C)NC(=O)/C=C/c1ccccc1Cl. The van der Waals surface area contributed by atoms with Gasteiger partial charge in [0, 0.05) is 17.6 Å². The van der Waals surface area contributed by atoms with Gasteiger partial charge in [-0.15, -0.1) is 0 Å². The molecule has 1 rings (SSSR count). The van der Waals surface area contributed by atoms with Crippen molar-refractivity contribution >= 4 is 29.5 Å². The van der Waals surface area contributed by atoms with Gasteiger partial charge >= 0.3 is 0 Å². The molecular formula is C15H19ClN2O2. The molecule has 0 radical (unpaired) electrons. The van der Waals surface area contributed by atoms with Crippen LogP contribution in [0.4, 0.5) is 0 Å². The van der Waals surface area contributed by atoms with E-state index < -0.39 is 6.04 Å². The Hall–Kier alpha value is -1.81. The zero-order chi connectivity index (χ0) is 15.0. The molecule has 0 saturated carbocycles. The molecule has 0 aliphatic rings. The number of hydrogen-bond acceptors (Lipinski definition) is 2. The van der Waals surface area contributed by atoms with Crippen LogP contribution in [0.1, 0.15) is 25.8 Å². The number of halogens is 1. The van der Waals surface area contributed by atoms with Gasteiger partial charge in [0.2, 0.25) is 11.8 Å². The molecule has 108 valence electrons. The Bertz CT molecular complexity index is 500. The summed E-state index contributed by atoms with van der Waals surface area (Å²) in [7, 11) is 0. The normalized spacial score (nSPS) is 12.2. The number of nitrogens with one attached hydrogen (secondary N) is 2. The first-order valence-electron chi connectivity index (χ1n) is 6.55. The van der Waals surface area contributed by atoms with Crippen LogP contribution in [0.5, 0.6) is 0 Å². The highest BCUT2D eigenvalue weighted by Gasteiger charge is 2.13. The lowest BCUT2D eigenvalue weighted by Gasteiger charge is -2.12. The minimum absolute atomic E-state index is 0.189. The Morgan fingerprint density at radius 1 is 1.35 bits per heavy atom. The number of hydrogen-bond donors (Lipinski definition) is 2. The second-order valence-electron chi connectivity index (χ2n) is 4.38. The fraction of sp³-hybridized carbons (Fsp3) is 0.333. The maximum absolute atomic E-state index is 11.7. The van der Waals surface area contributed by atoms with E-state index in [2.05, 4.69) is 10.6 Å². The summed E-state index contributed by atoms with van der Waals surface area (Å²) in [6.45, 7) is 4.22. The molecular weight excluding hydrogens is 276 g/mol. The zero-order valence-electron chi connectivity index (χ0n) is 11.7. The molecule has 1 atom stereocenters. The summed E-state index contributed by atoms with van der Waals surface area (Å²) >= 11 is 5.97. The summed E-state index contributed by atoms with van der Waals surface area (Å²) in [4.78, 5) is 23.3. The van der Waals surface area contributed by atoms with Crippen molar-refractivity contribution < 1.29 is 9.59 Å². The number of benzene rings is 1. The van der Waals surface area contributed by atoms with Gasteiger partial charge in [0.05, 0.1) is 0 Å². The van der Waals surface area contributed by atoms with Crippen molar-refractivity contribution in [1.29, 1.82) is 0 Å². The molecule has 5 heteroatoms. The van der Waals surface area contributed by atoms with Gasteiger partial charge in [-0.1, -0.05) is 36.7 Å². The molecule has 1 aromatic carbocycles. The van der Waals surface area contributed by atoms with E-state index in [1.165, 1.54) is 6.08 Å². The highest BCUT2D eigenvalue weighted by atomic mass is 35.5. The van der Waals surface area contributed by atoms with Gasteiger partial charge in [-0.3, -0.25) is 9.59 Å². The maximum atomic E-state index is 11.7. The summed E-state index contributed by atoms with van der Waals surface area (Å²) < 4.78 is 0. The van der Waals surface area contributed by atoms with Crippen LogP contribution < -0.4 is 10.6 Å². The van der Waals surface area contributed by atoms with Gasteiger partial charge in [-0.25, -0.2) is 0 Å². The Kier molecular flexibility index (Phi) is 6.81. The van der Waals surface area contributed by atoms with Crippen molar-refractivity contribution in [3.05, 3.63) is 40.9 Å². The molecule has 0 aliphatic heterocycles. The summed E-state index contributed by atoms with van der Waals surface area (Å²) in [6.07, 6.45) is 3.85. The first-order chi connectivity index (χ1) is 9.54. The number of carbonyl (C=O) groups excluding carboxylic acids is 2. The first kappa shape index (κ1) is 16.2. The van der Waals surface area contributed by atoms with Crippen molar-refractivity contribution in [1.82, 2.24) is 10.6 Å². The summed E-state index contributed by atoms with van der Waals surface area (Å²) in [5, 5.41) is 5.89. The van der Waals surface area contributed by atoms with Crippen molar-refractivity contribution in [3.8, 4) is 0 Å². The van der Waals surface area contributed by atoms with Crippen molar-refractivity contribution in [2.24, 2.45) is 0 Å². The van der Waals surface area contributed by atoms with Gasteiger partial charge in [0.1, 0.15) is 6.04 Å². The molecule has 0 unspecified atom stereocenters. The summed E-state index contributed by atoms with van der Waals surface area (Å²) in [5.41, 5.74) is 0.757. The molecule has 4 nitrogen and oxygen atoms in total. The van der Waals surface area contributed by atoms with E-state index in [9.17, 15) is 9.59 Å². The zero-order valence-corrected chi connectivity index (χ0v) is 12.4. The molecule has 0 fully saturated rings.